The normalized spacial score (nSPS) is 12.8. The first-order valence-electron chi connectivity index (χ1n) is 25.1. The van der Waals surface area contributed by atoms with Gasteiger partial charge in [-0.25, -0.2) is 0 Å². The third kappa shape index (κ3) is 47.5. The number of esters is 3. The molecule has 348 valence electrons. The zero-order valence-electron chi connectivity index (χ0n) is 39.7. The summed E-state index contributed by atoms with van der Waals surface area (Å²) in [5, 5.41) is 0. The molecule has 0 N–H and O–H groups in total. The summed E-state index contributed by atoms with van der Waals surface area (Å²) in [7, 11) is 0. The fraction of sp³-hybridized carbons (Fsp3) is 0.691. The molecule has 0 aromatic rings. The zero-order valence-corrected chi connectivity index (χ0v) is 39.7. The van der Waals surface area contributed by atoms with E-state index >= 15 is 0 Å². The molecule has 61 heavy (non-hydrogen) atoms. The molecule has 0 aromatic carbocycles. The van der Waals surface area contributed by atoms with Crippen LogP contribution in [0.25, 0.3) is 0 Å². The highest BCUT2D eigenvalue weighted by Crippen LogP contribution is 2.14. The van der Waals surface area contributed by atoms with Gasteiger partial charge in [0, 0.05) is 19.3 Å². The molecule has 6 nitrogen and oxygen atoms in total. The Bertz CT molecular complexity index is 1200. The molecule has 0 aliphatic carbocycles. The topological polar surface area (TPSA) is 78.9 Å². The third-order valence-electron chi connectivity index (χ3n) is 10.4. The van der Waals surface area contributed by atoms with E-state index in [1.54, 1.807) is 0 Å². The number of unbranched alkanes of at least 4 members (excludes halogenated alkanes) is 19. The van der Waals surface area contributed by atoms with Crippen LogP contribution in [0.1, 0.15) is 226 Å². The molecule has 0 radical (unpaired) electrons. The number of rotatable bonds is 44. The molecule has 0 saturated carbocycles. The van der Waals surface area contributed by atoms with E-state index in [-0.39, 0.29) is 31.1 Å². The summed E-state index contributed by atoms with van der Waals surface area (Å²) in [4.78, 5) is 37.6. The van der Waals surface area contributed by atoms with Crippen molar-refractivity contribution in [3.05, 3.63) is 85.1 Å². The Morgan fingerprint density at radius 1 is 0.344 bits per heavy atom. The number of carbonyl (C=O) groups is 3. The molecule has 0 rings (SSSR count). The van der Waals surface area contributed by atoms with Crippen LogP contribution in [0.3, 0.4) is 0 Å². The smallest absolute Gasteiger partial charge is 0.306 e. The maximum atomic E-state index is 12.7. The Hall–Kier alpha value is -3.41. The predicted octanol–water partition coefficient (Wildman–Crippen LogP) is 16.4. The van der Waals surface area contributed by atoms with Crippen molar-refractivity contribution >= 4 is 17.9 Å². The Balaban J connectivity index is 4.22. The van der Waals surface area contributed by atoms with Crippen LogP contribution in [0.5, 0.6) is 0 Å². The summed E-state index contributed by atoms with van der Waals surface area (Å²) >= 11 is 0. The van der Waals surface area contributed by atoms with Gasteiger partial charge in [-0.2, -0.15) is 0 Å². The largest absolute Gasteiger partial charge is 0.462 e. The first-order valence-corrected chi connectivity index (χ1v) is 25.1. The molecule has 0 aliphatic rings. The van der Waals surface area contributed by atoms with Gasteiger partial charge in [-0.15, -0.1) is 0 Å². The van der Waals surface area contributed by atoms with Gasteiger partial charge in [0.25, 0.3) is 0 Å². The summed E-state index contributed by atoms with van der Waals surface area (Å²) in [6.07, 6.45) is 63.2. The maximum absolute atomic E-state index is 12.7. The average molecular weight is 849 g/mol. The van der Waals surface area contributed by atoms with E-state index < -0.39 is 6.10 Å². The number of ether oxygens (including phenoxy) is 3. The van der Waals surface area contributed by atoms with Gasteiger partial charge < -0.3 is 14.2 Å². The molecule has 1 atom stereocenters. The van der Waals surface area contributed by atoms with Gasteiger partial charge in [0.2, 0.25) is 0 Å². The minimum absolute atomic E-state index is 0.0870. The molecule has 0 spiro atoms. The molecule has 0 aromatic heterocycles. The lowest BCUT2D eigenvalue weighted by molar-refractivity contribution is -0.167. The van der Waals surface area contributed by atoms with Gasteiger partial charge in [-0.3, -0.25) is 14.4 Å². The summed E-state index contributed by atoms with van der Waals surface area (Å²) < 4.78 is 16.6. The van der Waals surface area contributed by atoms with Gasteiger partial charge in [0.05, 0.1) is 0 Å². The molecule has 0 heterocycles. The van der Waals surface area contributed by atoms with Crippen LogP contribution in [0.15, 0.2) is 85.1 Å². The summed E-state index contributed by atoms with van der Waals surface area (Å²) in [6, 6.07) is 0. The number of hydrogen-bond donors (Lipinski definition) is 0. The highest BCUT2D eigenvalue weighted by Gasteiger charge is 2.19. The van der Waals surface area contributed by atoms with Gasteiger partial charge in [-0.05, 0) is 77.0 Å². The van der Waals surface area contributed by atoms with Crippen molar-refractivity contribution in [1.82, 2.24) is 0 Å². The summed E-state index contributed by atoms with van der Waals surface area (Å²) in [5.41, 5.74) is 0. The first-order chi connectivity index (χ1) is 30.0. The second-order valence-corrected chi connectivity index (χ2v) is 16.4. The van der Waals surface area contributed by atoms with Crippen LogP contribution in [0.2, 0.25) is 0 Å². The van der Waals surface area contributed by atoms with Crippen molar-refractivity contribution in [3.63, 3.8) is 0 Å². The SMILES string of the molecule is CC/C=C\C/C=C\C/C=C\C/C=C\C/C=C\C/C=C\C/C=C\CCCCCC(=O)OCC(COC(=O)CCCCCCC)OC(=O)CCCCCCCCCCCCCCC. The standard InChI is InChI=1S/C55H92O6/c1-4-7-10-13-15-17-19-21-22-23-24-25-26-27-28-29-30-31-32-34-35-37-39-42-45-48-54(57)60-51-52(50-59-53(56)47-44-41-12-9-6-3)61-55(58)49-46-43-40-38-36-33-20-18-16-14-11-8-5-2/h7,10,15,17,21-22,24-25,27-28,30-31,34-35,52H,4-6,8-9,11-14,16,18-20,23,26,29,32-33,36-51H2,1-3H3/b10-7-,17-15-,22-21-,25-24-,28-27-,31-30-,35-34-. The molecule has 0 amide bonds. The number of hydrogen-bond acceptors (Lipinski definition) is 6. The Labute approximate surface area is 375 Å². The Kier molecular flexibility index (Phi) is 46.5. The van der Waals surface area contributed by atoms with Crippen molar-refractivity contribution in [3.8, 4) is 0 Å². The van der Waals surface area contributed by atoms with Crippen LogP contribution in [0.4, 0.5) is 0 Å². The van der Waals surface area contributed by atoms with Crippen LogP contribution < -0.4 is 0 Å². The minimum Gasteiger partial charge on any atom is -0.462 e. The lowest BCUT2D eigenvalue weighted by atomic mass is 10.0. The number of carbonyl (C=O) groups excluding carboxylic acids is 3. The number of allylic oxidation sites excluding steroid dienone is 14. The van der Waals surface area contributed by atoms with Gasteiger partial charge in [0.1, 0.15) is 13.2 Å². The first kappa shape index (κ1) is 57.6. The molecular formula is C55H92O6. The quantitative estimate of drug-likeness (QED) is 0.0263. The van der Waals surface area contributed by atoms with Gasteiger partial charge >= 0.3 is 17.9 Å². The van der Waals surface area contributed by atoms with Gasteiger partial charge in [-0.1, -0.05) is 215 Å². The van der Waals surface area contributed by atoms with Crippen LogP contribution >= 0.6 is 0 Å². The van der Waals surface area contributed by atoms with Crippen molar-refractivity contribution in [2.24, 2.45) is 0 Å². The molecule has 0 bridgehead atoms. The fourth-order valence-corrected chi connectivity index (χ4v) is 6.66. The van der Waals surface area contributed by atoms with E-state index in [2.05, 4.69) is 106 Å². The van der Waals surface area contributed by atoms with Crippen LogP contribution in [0, 0.1) is 0 Å². The fourth-order valence-electron chi connectivity index (χ4n) is 6.66. The maximum Gasteiger partial charge on any atom is 0.306 e. The van der Waals surface area contributed by atoms with Crippen molar-refractivity contribution < 1.29 is 28.6 Å². The average Bonchev–Trinajstić information content (AvgIpc) is 3.26. The molecule has 1 unspecified atom stereocenters. The van der Waals surface area contributed by atoms with E-state index in [1.807, 2.05) is 0 Å². The zero-order chi connectivity index (χ0) is 44.4. The molecule has 0 aliphatic heterocycles. The van der Waals surface area contributed by atoms with Crippen molar-refractivity contribution in [2.45, 2.75) is 232 Å². The predicted molar refractivity (Wildman–Crippen MR) is 261 cm³/mol. The van der Waals surface area contributed by atoms with E-state index in [4.69, 9.17) is 14.2 Å². The van der Waals surface area contributed by atoms with Crippen molar-refractivity contribution in [1.29, 1.82) is 0 Å². The molecule has 0 saturated heterocycles. The Morgan fingerprint density at radius 3 is 1.00 bits per heavy atom. The molecule has 6 heteroatoms. The second-order valence-electron chi connectivity index (χ2n) is 16.4. The van der Waals surface area contributed by atoms with E-state index in [1.165, 1.54) is 70.6 Å². The monoisotopic (exact) mass is 849 g/mol. The lowest BCUT2D eigenvalue weighted by Gasteiger charge is -2.18. The highest BCUT2D eigenvalue weighted by atomic mass is 16.6. The second kappa shape index (κ2) is 49.2. The minimum atomic E-state index is -0.784. The van der Waals surface area contributed by atoms with Gasteiger partial charge in [0.15, 0.2) is 6.10 Å². The third-order valence-corrected chi connectivity index (χ3v) is 10.4. The summed E-state index contributed by atoms with van der Waals surface area (Å²) in [5.74, 6) is -0.937. The lowest BCUT2D eigenvalue weighted by Crippen LogP contribution is -2.30. The summed E-state index contributed by atoms with van der Waals surface area (Å²) in [6.45, 7) is 6.40. The van der Waals surface area contributed by atoms with Crippen LogP contribution in [-0.2, 0) is 28.6 Å². The molecule has 0 fully saturated rings. The highest BCUT2D eigenvalue weighted by molar-refractivity contribution is 5.71. The van der Waals surface area contributed by atoms with E-state index in [0.29, 0.717) is 19.3 Å². The van der Waals surface area contributed by atoms with Crippen molar-refractivity contribution in [2.75, 3.05) is 13.2 Å². The van der Waals surface area contributed by atoms with Crippen LogP contribution in [-0.4, -0.2) is 37.2 Å². The van der Waals surface area contributed by atoms with E-state index in [0.717, 1.165) is 116 Å². The van der Waals surface area contributed by atoms with E-state index in [9.17, 15) is 14.4 Å². The molecular weight excluding hydrogens is 757 g/mol. The Morgan fingerprint density at radius 2 is 0.639 bits per heavy atom.